The van der Waals surface area contributed by atoms with Gasteiger partial charge in [0.2, 0.25) is 0 Å². The van der Waals surface area contributed by atoms with Crippen molar-refractivity contribution in [2.24, 2.45) is 5.92 Å². The van der Waals surface area contributed by atoms with Gasteiger partial charge in [0.1, 0.15) is 12.4 Å². The first kappa shape index (κ1) is 18.7. The molecule has 0 aromatic heterocycles. The van der Waals surface area contributed by atoms with Gasteiger partial charge in [-0.15, -0.1) is 0 Å². The predicted molar refractivity (Wildman–Crippen MR) is 88.2 cm³/mol. The van der Waals surface area contributed by atoms with Crippen molar-refractivity contribution < 1.29 is 18.6 Å². The first-order chi connectivity index (χ1) is 10.2. The zero-order valence-electron chi connectivity index (χ0n) is 13.9. The van der Waals surface area contributed by atoms with Gasteiger partial charge in [-0.05, 0) is 19.1 Å². The maximum atomic E-state index is 13.0. The average Bonchev–Trinajstić information content (AvgIpc) is 2.45. The predicted octanol–water partition coefficient (Wildman–Crippen LogP) is 3.84. The molecule has 0 aliphatic rings. The second-order valence-electron chi connectivity index (χ2n) is 5.91. The van der Waals surface area contributed by atoms with Gasteiger partial charge >= 0.3 is 13.5 Å². The smallest absolute Gasteiger partial charge is 0.319 e. The Morgan fingerprint density at radius 3 is 2.23 bits per heavy atom. The lowest BCUT2D eigenvalue weighted by atomic mass is 10.2. The van der Waals surface area contributed by atoms with Crippen LogP contribution in [0.5, 0.6) is 5.75 Å². The van der Waals surface area contributed by atoms with E-state index in [0.29, 0.717) is 5.75 Å². The van der Waals surface area contributed by atoms with Crippen LogP contribution in [0.15, 0.2) is 30.3 Å². The van der Waals surface area contributed by atoms with Crippen LogP contribution in [-0.2, 0) is 14.1 Å². The van der Waals surface area contributed by atoms with Crippen LogP contribution in [0.4, 0.5) is 0 Å². The Hall–Kier alpha value is -1.32. The van der Waals surface area contributed by atoms with Gasteiger partial charge in [0.15, 0.2) is 0 Å². The van der Waals surface area contributed by atoms with Crippen molar-refractivity contribution in [2.45, 2.75) is 46.3 Å². The largest absolute Gasteiger partial charge is 0.464 e. The maximum Gasteiger partial charge on any atom is 0.319 e. The molecule has 0 radical (unpaired) electrons. The summed E-state index contributed by atoms with van der Waals surface area (Å²) in [4.78, 5) is 11.5. The molecule has 0 heterocycles. The van der Waals surface area contributed by atoms with Crippen LogP contribution in [0.25, 0.3) is 0 Å². The van der Waals surface area contributed by atoms with Crippen LogP contribution >= 0.6 is 7.52 Å². The van der Waals surface area contributed by atoms with E-state index in [9.17, 15) is 9.36 Å². The second-order valence-corrected chi connectivity index (χ2v) is 8.58. The zero-order chi connectivity index (χ0) is 16.8. The van der Waals surface area contributed by atoms with E-state index < -0.39 is 7.52 Å². The Kier molecular flexibility index (Phi) is 7.11. The van der Waals surface area contributed by atoms with Crippen LogP contribution in [0, 0.1) is 5.92 Å². The summed E-state index contributed by atoms with van der Waals surface area (Å²) < 4.78 is 23.9. The molecule has 1 aromatic carbocycles. The van der Waals surface area contributed by atoms with E-state index in [1.807, 2.05) is 39.0 Å². The van der Waals surface area contributed by atoms with Crippen LogP contribution in [0.2, 0.25) is 0 Å². The van der Waals surface area contributed by atoms with Crippen LogP contribution in [-0.4, -0.2) is 24.3 Å². The van der Waals surface area contributed by atoms with Gasteiger partial charge in [-0.2, -0.15) is 0 Å². The Bertz CT molecular complexity index is 516. The Morgan fingerprint density at radius 2 is 1.73 bits per heavy atom. The van der Waals surface area contributed by atoms with Gasteiger partial charge in [-0.1, -0.05) is 45.9 Å². The topological polar surface area (TPSA) is 64.6 Å². The number of carbonyl (C=O) groups excluding carboxylic acids is 1. The minimum absolute atomic E-state index is 0.159. The summed E-state index contributed by atoms with van der Waals surface area (Å²) in [6.45, 7) is 9.20. The summed E-state index contributed by atoms with van der Waals surface area (Å²) >= 11 is 0. The number of nitrogens with one attached hydrogen (secondary N) is 1. The fraction of sp³-hybridized carbons (Fsp3) is 0.562. The Labute approximate surface area is 132 Å². The maximum absolute atomic E-state index is 13.0. The summed E-state index contributed by atoms with van der Waals surface area (Å²) in [5.41, 5.74) is -0.198. The Balaban J connectivity index is 2.67. The highest BCUT2D eigenvalue weighted by molar-refractivity contribution is 7.58. The third-order valence-electron chi connectivity index (χ3n) is 3.01. The fourth-order valence-electron chi connectivity index (χ4n) is 1.64. The third kappa shape index (κ3) is 5.82. The van der Waals surface area contributed by atoms with E-state index in [-0.39, 0.29) is 30.2 Å². The molecular formula is C16H26NO4P. The standard InChI is InChI=1S/C16H26NO4P/c1-12(2)16(18)20-11-14(5)17-22(19,13(3)4)21-15-9-7-6-8-10-15/h6-10,12-14H,11H2,1-5H3,(H,17,19)/t14-,22-/m0/s1. The molecule has 0 unspecified atom stereocenters. The molecule has 2 atom stereocenters. The molecule has 0 aliphatic carbocycles. The van der Waals surface area contributed by atoms with Crippen molar-refractivity contribution in [3.8, 4) is 5.75 Å². The lowest BCUT2D eigenvalue weighted by molar-refractivity contribution is -0.147. The molecule has 0 saturated heterocycles. The van der Waals surface area contributed by atoms with Crippen LogP contribution in [0.3, 0.4) is 0 Å². The van der Waals surface area contributed by atoms with Crippen molar-refractivity contribution >= 4 is 13.5 Å². The number of carbonyl (C=O) groups is 1. The van der Waals surface area contributed by atoms with Gasteiger partial charge < -0.3 is 9.26 Å². The monoisotopic (exact) mass is 327 g/mol. The van der Waals surface area contributed by atoms with Gasteiger partial charge in [-0.3, -0.25) is 9.36 Å². The number of para-hydroxylation sites is 1. The van der Waals surface area contributed by atoms with Gasteiger partial charge in [0.25, 0.3) is 0 Å². The fourth-order valence-corrected chi connectivity index (χ4v) is 3.32. The summed E-state index contributed by atoms with van der Waals surface area (Å²) in [6.07, 6.45) is 0. The van der Waals surface area contributed by atoms with Gasteiger partial charge in [0, 0.05) is 6.04 Å². The number of rotatable bonds is 8. The number of hydrogen-bond acceptors (Lipinski definition) is 4. The van der Waals surface area contributed by atoms with Crippen molar-refractivity contribution in [1.82, 2.24) is 5.09 Å². The van der Waals surface area contributed by atoms with Crippen molar-refractivity contribution in [1.29, 1.82) is 0 Å². The van der Waals surface area contributed by atoms with E-state index in [2.05, 4.69) is 5.09 Å². The molecule has 0 spiro atoms. The first-order valence-corrected chi connectivity index (χ1v) is 9.22. The van der Waals surface area contributed by atoms with Crippen molar-refractivity contribution in [3.05, 3.63) is 30.3 Å². The molecule has 0 bridgehead atoms. The summed E-state index contributed by atoms with van der Waals surface area (Å²) in [5.74, 6) is 0.111. The first-order valence-electron chi connectivity index (χ1n) is 7.53. The quantitative estimate of drug-likeness (QED) is 0.580. The number of benzene rings is 1. The zero-order valence-corrected chi connectivity index (χ0v) is 14.8. The molecule has 0 amide bonds. The average molecular weight is 327 g/mol. The second kappa shape index (κ2) is 8.35. The lowest BCUT2D eigenvalue weighted by Gasteiger charge is -2.27. The lowest BCUT2D eigenvalue weighted by Crippen LogP contribution is -2.33. The van der Waals surface area contributed by atoms with Crippen LogP contribution < -0.4 is 9.61 Å². The highest BCUT2D eigenvalue weighted by Gasteiger charge is 2.31. The van der Waals surface area contributed by atoms with E-state index in [1.54, 1.807) is 26.0 Å². The summed E-state index contributed by atoms with van der Waals surface area (Å²) in [5, 5.41) is 2.99. The molecule has 1 rings (SSSR count). The molecule has 0 fully saturated rings. The molecule has 1 aromatic rings. The third-order valence-corrected chi connectivity index (χ3v) is 5.65. The summed E-state index contributed by atoms with van der Waals surface area (Å²) in [6, 6.07) is 8.79. The summed E-state index contributed by atoms with van der Waals surface area (Å²) in [7, 11) is -3.09. The number of esters is 1. The minimum Gasteiger partial charge on any atom is -0.464 e. The van der Waals surface area contributed by atoms with Gasteiger partial charge in [-0.25, -0.2) is 5.09 Å². The van der Waals surface area contributed by atoms with Gasteiger partial charge in [0.05, 0.1) is 11.6 Å². The number of hydrogen-bond donors (Lipinski definition) is 1. The van der Waals surface area contributed by atoms with E-state index >= 15 is 0 Å². The molecular weight excluding hydrogens is 301 g/mol. The van der Waals surface area contributed by atoms with Crippen molar-refractivity contribution in [3.63, 3.8) is 0 Å². The van der Waals surface area contributed by atoms with Crippen LogP contribution in [0.1, 0.15) is 34.6 Å². The molecule has 0 aliphatic heterocycles. The molecule has 5 nitrogen and oxygen atoms in total. The number of ether oxygens (including phenoxy) is 1. The van der Waals surface area contributed by atoms with E-state index in [4.69, 9.17) is 9.26 Å². The van der Waals surface area contributed by atoms with E-state index in [0.717, 1.165) is 0 Å². The highest BCUT2D eigenvalue weighted by Crippen LogP contribution is 2.48. The minimum atomic E-state index is -3.09. The molecule has 22 heavy (non-hydrogen) atoms. The molecule has 1 N–H and O–H groups in total. The van der Waals surface area contributed by atoms with Crippen molar-refractivity contribution in [2.75, 3.05) is 6.61 Å². The highest BCUT2D eigenvalue weighted by atomic mass is 31.2. The molecule has 0 saturated carbocycles. The Morgan fingerprint density at radius 1 is 1.14 bits per heavy atom. The molecule has 124 valence electrons. The SMILES string of the molecule is CC(C)C(=O)OC[C@H](C)N[P@@](=O)(Oc1ccccc1)C(C)C. The van der Waals surface area contributed by atoms with E-state index in [1.165, 1.54) is 0 Å². The molecule has 6 heteroatoms. The normalized spacial score (nSPS) is 15.4.